The fourth-order valence-corrected chi connectivity index (χ4v) is 1.77. The van der Waals surface area contributed by atoms with Gasteiger partial charge in [0.15, 0.2) is 0 Å². The van der Waals surface area contributed by atoms with E-state index in [4.69, 9.17) is 10.8 Å². The highest BCUT2D eigenvalue weighted by molar-refractivity contribution is 5.73. The summed E-state index contributed by atoms with van der Waals surface area (Å²) in [7, 11) is 0. The van der Waals surface area contributed by atoms with Gasteiger partial charge in [0, 0.05) is 12.6 Å². The third-order valence-electron chi connectivity index (χ3n) is 2.64. The van der Waals surface area contributed by atoms with Crippen molar-refractivity contribution in [3.05, 3.63) is 0 Å². The summed E-state index contributed by atoms with van der Waals surface area (Å²) in [5.41, 5.74) is 5.37. The molecule has 0 aliphatic heterocycles. The Morgan fingerprint density at radius 2 is 2.38 bits per heavy atom. The quantitative estimate of drug-likeness (QED) is 0.585. The highest BCUT2D eigenvalue weighted by atomic mass is 16.4. The number of carbonyl (C=O) groups is 1. The van der Waals surface area contributed by atoms with Crippen molar-refractivity contribution in [2.75, 3.05) is 6.54 Å². The van der Waals surface area contributed by atoms with Crippen LogP contribution in [0, 0.1) is 5.92 Å². The van der Waals surface area contributed by atoms with Gasteiger partial charge in [-0.15, -0.1) is 0 Å². The van der Waals surface area contributed by atoms with E-state index in [0.29, 0.717) is 12.6 Å². The number of rotatable bonds is 4. The van der Waals surface area contributed by atoms with E-state index in [9.17, 15) is 4.79 Å². The van der Waals surface area contributed by atoms with E-state index in [0.717, 1.165) is 18.8 Å². The number of nitrogens with one attached hydrogen (secondary N) is 1. The van der Waals surface area contributed by atoms with Gasteiger partial charge >= 0.3 is 5.97 Å². The van der Waals surface area contributed by atoms with Crippen LogP contribution in [-0.2, 0) is 4.79 Å². The third kappa shape index (κ3) is 3.32. The fraction of sp³-hybridized carbons (Fsp3) is 0.889. The van der Waals surface area contributed by atoms with E-state index in [1.807, 2.05) is 0 Å². The zero-order valence-electron chi connectivity index (χ0n) is 7.99. The van der Waals surface area contributed by atoms with Crippen LogP contribution < -0.4 is 11.1 Å². The number of carboxylic acids is 1. The Labute approximate surface area is 78.5 Å². The summed E-state index contributed by atoms with van der Waals surface area (Å²) in [5.74, 6) is -0.169. The van der Waals surface area contributed by atoms with E-state index < -0.39 is 12.0 Å². The monoisotopic (exact) mass is 186 g/mol. The van der Waals surface area contributed by atoms with E-state index in [1.54, 1.807) is 0 Å². The molecule has 4 nitrogen and oxygen atoms in total. The fourth-order valence-electron chi connectivity index (χ4n) is 1.77. The standard InChI is InChI=1S/C9H18N2O2/c1-6-2-3-7(4-6)11-5-8(10)9(12)13/h6-8,11H,2-5,10H2,1H3,(H,12,13). The number of hydrogen-bond donors (Lipinski definition) is 3. The van der Waals surface area contributed by atoms with Crippen LogP contribution in [0.15, 0.2) is 0 Å². The Hall–Kier alpha value is -0.610. The van der Waals surface area contributed by atoms with E-state index in [-0.39, 0.29) is 0 Å². The van der Waals surface area contributed by atoms with Crippen LogP contribution in [0.4, 0.5) is 0 Å². The predicted molar refractivity (Wildman–Crippen MR) is 50.4 cm³/mol. The van der Waals surface area contributed by atoms with Crippen molar-refractivity contribution < 1.29 is 9.90 Å². The Morgan fingerprint density at radius 3 is 2.85 bits per heavy atom. The molecule has 0 aromatic rings. The van der Waals surface area contributed by atoms with Gasteiger partial charge in [0.25, 0.3) is 0 Å². The molecule has 0 heterocycles. The molecule has 1 aliphatic rings. The van der Waals surface area contributed by atoms with Gasteiger partial charge in [-0.25, -0.2) is 0 Å². The summed E-state index contributed by atoms with van der Waals surface area (Å²) in [6.07, 6.45) is 3.53. The minimum absolute atomic E-state index is 0.382. The molecule has 0 amide bonds. The lowest BCUT2D eigenvalue weighted by molar-refractivity contribution is -0.138. The summed E-state index contributed by atoms with van der Waals surface area (Å²) >= 11 is 0. The molecule has 3 atom stereocenters. The zero-order chi connectivity index (χ0) is 9.84. The van der Waals surface area contributed by atoms with E-state index >= 15 is 0 Å². The minimum atomic E-state index is -0.932. The molecule has 1 aliphatic carbocycles. The molecule has 1 fully saturated rings. The molecule has 0 aromatic carbocycles. The van der Waals surface area contributed by atoms with Gasteiger partial charge in [0.2, 0.25) is 0 Å². The second-order valence-electron chi connectivity index (χ2n) is 3.97. The maximum atomic E-state index is 10.4. The molecule has 4 N–H and O–H groups in total. The van der Waals surface area contributed by atoms with Gasteiger partial charge in [-0.2, -0.15) is 0 Å². The van der Waals surface area contributed by atoms with Crippen molar-refractivity contribution in [2.24, 2.45) is 11.7 Å². The van der Waals surface area contributed by atoms with Gasteiger partial charge in [0.1, 0.15) is 6.04 Å². The summed E-state index contributed by atoms with van der Waals surface area (Å²) in [6.45, 7) is 2.60. The number of hydrogen-bond acceptors (Lipinski definition) is 3. The van der Waals surface area contributed by atoms with Gasteiger partial charge in [-0.05, 0) is 25.2 Å². The molecule has 0 aromatic heterocycles. The normalized spacial score (nSPS) is 30.3. The summed E-state index contributed by atoms with van der Waals surface area (Å²) in [6, 6.07) is -0.295. The maximum Gasteiger partial charge on any atom is 0.321 e. The first kappa shape index (κ1) is 10.5. The minimum Gasteiger partial charge on any atom is -0.480 e. The zero-order valence-corrected chi connectivity index (χ0v) is 7.99. The number of nitrogens with two attached hydrogens (primary N) is 1. The third-order valence-corrected chi connectivity index (χ3v) is 2.64. The second kappa shape index (κ2) is 4.58. The number of aliphatic carboxylic acids is 1. The van der Waals surface area contributed by atoms with Crippen LogP contribution in [0.5, 0.6) is 0 Å². The Balaban J connectivity index is 2.16. The second-order valence-corrected chi connectivity index (χ2v) is 3.97. The SMILES string of the molecule is CC1CCC(NCC(N)C(=O)O)C1. The molecular weight excluding hydrogens is 168 g/mol. The van der Waals surface area contributed by atoms with Crippen LogP contribution in [0.25, 0.3) is 0 Å². The Kier molecular flexibility index (Phi) is 3.69. The van der Waals surface area contributed by atoms with Gasteiger partial charge < -0.3 is 16.2 Å². The molecule has 0 saturated heterocycles. The van der Waals surface area contributed by atoms with Crippen LogP contribution in [0.2, 0.25) is 0 Å². The molecule has 4 heteroatoms. The Bertz CT molecular complexity index is 184. The first-order valence-corrected chi connectivity index (χ1v) is 4.81. The lowest BCUT2D eigenvalue weighted by Crippen LogP contribution is -2.43. The average molecular weight is 186 g/mol. The molecule has 0 spiro atoms. The highest BCUT2D eigenvalue weighted by Gasteiger charge is 2.22. The number of carboxylic acid groups (broad SMARTS) is 1. The Morgan fingerprint density at radius 1 is 1.69 bits per heavy atom. The van der Waals surface area contributed by atoms with Crippen molar-refractivity contribution in [3.63, 3.8) is 0 Å². The van der Waals surface area contributed by atoms with Crippen LogP contribution in [0.3, 0.4) is 0 Å². The maximum absolute atomic E-state index is 10.4. The van der Waals surface area contributed by atoms with Crippen LogP contribution in [-0.4, -0.2) is 29.7 Å². The van der Waals surface area contributed by atoms with Gasteiger partial charge in [0.05, 0.1) is 0 Å². The van der Waals surface area contributed by atoms with Crippen molar-refractivity contribution in [2.45, 2.75) is 38.3 Å². The van der Waals surface area contributed by atoms with E-state index in [1.165, 1.54) is 6.42 Å². The molecule has 1 rings (SSSR count). The molecule has 3 unspecified atom stereocenters. The first-order chi connectivity index (χ1) is 6.09. The highest BCUT2D eigenvalue weighted by Crippen LogP contribution is 2.24. The summed E-state index contributed by atoms with van der Waals surface area (Å²) in [5, 5.41) is 11.7. The lowest BCUT2D eigenvalue weighted by Gasteiger charge is -2.14. The largest absolute Gasteiger partial charge is 0.480 e. The van der Waals surface area contributed by atoms with Crippen molar-refractivity contribution >= 4 is 5.97 Å². The van der Waals surface area contributed by atoms with Gasteiger partial charge in [-0.1, -0.05) is 6.92 Å². The lowest BCUT2D eigenvalue weighted by atomic mass is 10.1. The first-order valence-electron chi connectivity index (χ1n) is 4.81. The molecular formula is C9H18N2O2. The van der Waals surface area contributed by atoms with Gasteiger partial charge in [-0.3, -0.25) is 4.79 Å². The predicted octanol–water partition coefficient (Wildman–Crippen LogP) is 0.177. The smallest absolute Gasteiger partial charge is 0.321 e. The van der Waals surface area contributed by atoms with Crippen molar-refractivity contribution in [1.82, 2.24) is 5.32 Å². The molecule has 1 saturated carbocycles. The molecule has 13 heavy (non-hydrogen) atoms. The van der Waals surface area contributed by atoms with E-state index in [2.05, 4.69) is 12.2 Å². The van der Waals surface area contributed by atoms with Crippen LogP contribution in [0.1, 0.15) is 26.2 Å². The van der Waals surface area contributed by atoms with Crippen LogP contribution >= 0.6 is 0 Å². The summed E-state index contributed by atoms with van der Waals surface area (Å²) < 4.78 is 0. The molecule has 0 radical (unpaired) electrons. The molecule has 76 valence electrons. The average Bonchev–Trinajstić information content (AvgIpc) is 2.47. The molecule has 0 bridgehead atoms. The van der Waals surface area contributed by atoms with Crippen molar-refractivity contribution in [3.8, 4) is 0 Å². The topological polar surface area (TPSA) is 75.3 Å². The summed E-state index contributed by atoms with van der Waals surface area (Å²) in [4.78, 5) is 10.4. The van der Waals surface area contributed by atoms with Crippen molar-refractivity contribution in [1.29, 1.82) is 0 Å².